The Morgan fingerprint density at radius 2 is 1.97 bits per heavy atom. The Kier molecular flexibility index (Phi) is 5.68. The van der Waals surface area contributed by atoms with Crippen LogP contribution >= 0.6 is 0 Å². The zero-order chi connectivity index (χ0) is 21.5. The zero-order valence-electron chi connectivity index (χ0n) is 16.6. The van der Waals surface area contributed by atoms with Gasteiger partial charge in [0.2, 0.25) is 15.9 Å². The van der Waals surface area contributed by atoms with Crippen LogP contribution < -0.4 is 10.0 Å². The highest BCUT2D eigenvalue weighted by molar-refractivity contribution is 7.89. The van der Waals surface area contributed by atoms with Crippen molar-refractivity contribution in [3.8, 4) is 0 Å². The minimum Gasteiger partial charge on any atom is -0.455 e. The number of ether oxygens (including phenoxy) is 1. The fraction of sp³-hybridized carbons (Fsp3) is 0.526. The molecule has 2 aliphatic heterocycles. The maximum absolute atomic E-state index is 12.7. The molecule has 0 spiro atoms. The van der Waals surface area contributed by atoms with Gasteiger partial charge in [-0.1, -0.05) is 0 Å². The van der Waals surface area contributed by atoms with Gasteiger partial charge in [0.1, 0.15) is 0 Å². The van der Waals surface area contributed by atoms with Crippen LogP contribution in [0.2, 0.25) is 0 Å². The number of nitrogens with zero attached hydrogens (tertiary/aromatic N) is 2. The molecule has 1 saturated heterocycles. The van der Waals surface area contributed by atoms with E-state index in [1.165, 1.54) is 23.1 Å². The van der Waals surface area contributed by atoms with Crippen molar-refractivity contribution in [3.05, 3.63) is 23.8 Å². The second kappa shape index (κ2) is 7.75. The summed E-state index contributed by atoms with van der Waals surface area (Å²) in [5.74, 6) is -1.64. The molecule has 0 bridgehead atoms. The van der Waals surface area contributed by atoms with E-state index in [0.717, 1.165) is 0 Å². The number of likely N-dealkylation sites (tertiary alicyclic amines) is 1. The summed E-state index contributed by atoms with van der Waals surface area (Å²) in [5, 5.41) is 5.17. The minimum absolute atomic E-state index is 0.00566. The number of carbonyl (C=O) groups excluding carboxylic acids is 3. The molecular weight excluding hydrogens is 398 g/mol. The van der Waals surface area contributed by atoms with E-state index < -0.39 is 34.4 Å². The maximum Gasteiger partial charge on any atom is 0.311 e. The lowest BCUT2D eigenvalue weighted by atomic mass is 10.1. The average Bonchev–Trinajstić information content (AvgIpc) is 3.17. The third-order valence-electron chi connectivity index (χ3n) is 5.32. The Labute approximate surface area is 169 Å². The van der Waals surface area contributed by atoms with Crippen LogP contribution in [0.4, 0.5) is 5.69 Å². The number of rotatable bonds is 5. The molecule has 0 radical (unpaired) electrons. The Morgan fingerprint density at radius 3 is 2.55 bits per heavy atom. The summed E-state index contributed by atoms with van der Waals surface area (Å²) in [4.78, 5) is 40.0. The second-order valence-corrected chi connectivity index (χ2v) is 9.36. The lowest BCUT2D eigenvalue weighted by molar-refractivity contribution is -0.151. The molecule has 2 aliphatic rings. The number of hydrogen-bond acceptors (Lipinski definition) is 6. The van der Waals surface area contributed by atoms with Crippen molar-refractivity contribution < 1.29 is 27.5 Å². The number of benzene rings is 1. The SMILES string of the molecule is CC(C)N1CC(C(=O)OCC(=O)N2c3ccc(S(N)(=O)=O)cc3CC2C)CC1=O. The molecule has 1 fully saturated rings. The van der Waals surface area contributed by atoms with Gasteiger partial charge in [-0.15, -0.1) is 0 Å². The first-order chi connectivity index (χ1) is 13.5. The van der Waals surface area contributed by atoms with E-state index in [9.17, 15) is 22.8 Å². The first-order valence-corrected chi connectivity index (χ1v) is 11.0. The third kappa shape index (κ3) is 4.27. The van der Waals surface area contributed by atoms with Crippen molar-refractivity contribution in [1.82, 2.24) is 4.90 Å². The molecule has 0 saturated carbocycles. The molecule has 158 valence electrons. The molecule has 0 aliphatic carbocycles. The van der Waals surface area contributed by atoms with E-state index in [4.69, 9.17) is 9.88 Å². The van der Waals surface area contributed by atoms with Crippen molar-refractivity contribution in [3.63, 3.8) is 0 Å². The highest BCUT2D eigenvalue weighted by Gasteiger charge is 2.37. The van der Waals surface area contributed by atoms with Crippen LogP contribution in [-0.2, 0) is 35.6 Å². The molecule has 9 nitrogen and oxygen atoms in total. The number of anilines is 1. The molecular formula is C19H25N3O6S. The van der Waals surface area contributed by atoms with Crippen LogP contribution in [0.15, 0.2) is 23.1 Å². The van der Waals surface area contributed by atoms with Crippen LogP contribution in [0.3, 0.4) is 0 Å². The number of carbonyl (C=O) groups is 3. The predicted molar refractivity (Wildman–Crippen MR) is 104 cm³/mol. The van der Waals surface area contributed by atoms with E-state index in [0.29, 0.717) is 24.2 Å². The standard InChI is InChI=1S/C19H25N3O6S/c1-11(2)21-9-14(8-17(21)23)19(25)28-10-18(24)22-12(3)6-13-7-15(29(20,26)27)4-5-16(13)22/h4-5,7,11-12,14H,6,8-10H2,1-3H3,(H2,20,26,27). The fourth-order valence-electron chi connectivity index (χ4n) is 3.87. The largest absolute Gasteiger partial charge is 0.455 e. The quantitative estimate of drug-likeness (QED) is 0.684. The summed E-state index contributed by atoms with van der Waals surface area (Å²) in [6, 6.07) is 4.14. The number of sulfonamides is 1. The van der Waals surface area contributed by atoms with Crippen molar-refractivity contribution >= 4 is 33.5 Å². The van der Waals surface area contributed by atoms with Gasteiger partial charge in [-0.2, -0.15) is 0 Å². The Balaban J connectivity index is 1.65. The molecule has 10 heteroatoms. The maximum atomic E-state index is 12.7. The fourth-order valence-corrected chi connectivity index (χ4v) is 4.44. The van der Waals surface area contributed by atoms with Crippen molar-refractivity contribution in [2.45, 2.75) is 50.6 Å². The number of amides is 2. The summed E-state index contributed by atoms with van der Waals surface area (Å²) >= 11 is 0. The lowest BCUT2D eigenvalue weighted by Crippen LogP contribution is -2.39. The molecule has 29 heavy (non-hydrogen) atoms. The van der Waals surface area contributed by atoms with Gasteiger partial charge in [-0.3, -0.25) is 14.4 Å². The molecule has 2 N–H and O–H groups in total. The van der Waals surface area contributed by atoms with Crippen LogP contribution in [0.25, 0.3) is 0 Å². The Hall–Kier alpha value is -2.46. The summed E-state index contributed by atoms with van der Waals surface area (Å²) in [6.07, 6.45) is 0.559. The zero-order valence-corrected chi connectivity index (χ0v) is 17.4. The van der Waals surface area contributed by atoms with E-state index in [1.807, 2.05) is 20.8 Å². The molecule has 2 heterocycles. The first-order valence-electron chi connectivity index (χ1n) is 9.43. The van der Waals surface area contributed by atoms with Crippen molar-refractivity contribution in [2.75, 3.05) is 18.1 Å². The van der Waals surface area contributed by atoms with E-state index in [-0.39, 0.29) is 29.3 Å². The van der Waals surface area contributed by atoms with Crippen molar-refractivity contribution in [2.24, 2.45) is 11.1 Å². The number of fused-ring (bicyclic) bond motifs is 1. The van der Waals surface area contributed by atoms with E-state index >= 15 is 0 Å². The number of hydrogen-bond donors (Lipinski definition) is 1. The average molecular weight is 423 g/mol. The molecule has 2 atom stereocenters. The van der Waals surface area contributed by atoms with Crippen LogP contribution in [-0.4, -0.2) is 56.3 Å². The van der Waals surface area contributed by atoms with Gasteiger partial charge >= 0.3 is 5.97 Å². The molecule has 1 aromatic rings. The molecule has 1 aromatic carbocycles. The Bertz CT molecular complexity index is 959. The van der Waals surface area contributed by atoms with Crippen molar-refractivity contribution in [1.29, 1.82) is 0 Å². The summed E-state index contributed by atoms with van der Waals surface area (Å²) < 4.78 is 28.3. The molecule has 3 rings (SSSR count). The lowest BCUT2D eigenvalue weighted by Gasteiger charge is -2.23. The smallest absolute Gasteiger partial charge is 0.311 e. The second-order valence-electron chi connectivity index (χ2n) is 7.80. The van der Waals surface area contributed by atoms with Gasteiger partial charge in [-0.25, -0.2) is 13.6 Å². The summed E-state index contributed by atoms with van der Waals surface area (Å²) in [5.41, 5.74) is 1.27. The van der Waals surface area contributed by atoms with Gasteiger partial charge in [0.15, 0.2) is 6.61 Å². The predicted octanol–water partition coefficient (Wildman–Crippen LogP) is 0.412. The normalized spacial score (nSPS) is 21.6. The van der Waals surface area contributed by atoms with Crippen LogP contribution in [0.1, 0.15) is 32.8 Å². The molecule has 0 aromatic heterocycles. The van der Waals surface area contributed by atoms with E-state index in [1.54, 1.807) is 4.90 Å². The topological polar surface area (TPSA) is 127 Å². The summed E-state index contributed by atoms with van der Waals surface area (Å²) in [7, 11) is -3.83. The van der Waals surface area contributed by atoms with Crippen LogP contribution in [0, 0.1) is 5.92 Å². The molecule has 2 amide bonds. The number of primary sulfonamides is 1. The number of esters is 1. The Morgan fingerprint density at radius 1 is 1.28 bits per heavy atom. The molecule has 2 unspecified atom stereocenters. The van der Waals surface area contributed by atoms with Gasteiger partial charge in [0.05, 0.1) is 10.8 Å². The highest BCUT2D eigenvalue weighted by atomic mass is 32.2. The van der Waals surface area contributed by atoms with Gasteiger partial charge in [-0.05, 0) is 51.0 Å². The minimum atomic E-state index is -3.83. The number of nitrogens with two attached hydrogens (primary N) is 1. The first kappa shape index (κ1) is 21.3. The third-order valence-corrected chi connectivity index (χ3v) is 6.23. The monoisotopic (exact) mass is 423 g/mol. The van der Waals surface area contributed by atoms with Gasteiger partial charge < -0.3 is 14.5 Å². The van der Waals surface area contributed by atoms with Gasteiger partial charge in [0, 0.05) is 30.7 Å². The van der Waals surface area contributed by atoms with Crippen LogP contribution in [0.5, 0.6) is 0 Å². The summed E-state index contributed by atoms with van der Waals surface area (Å²) in [6.45, 7) is 5.44. The highest BCUT2D eigenvalue weighted by Crippen LogP contribution is 2.33. The van der Waals surface area contributed by atoms with E-state index in [2.05, 4.69) is 0 Å². The van der Waals surface area contributed by atoms with Gasteiger partial charge in [0.25, 0.3) is 5.91 Å².